The largest absolute Gasteiger partial charge is 0.497 e. The van der Waals surface area contributed by atoms with Crippen molar-refractivity contribution >= 4 is 5.82 Å². The topological polar surface area (TPSA) is 50.3 Å². The molecule has 2 aromatic rings. The molecule has 0 amide bonds. The number of rotatable bonds is 8. The number of hydrogen-bond donors (Lipinski definition) is 1. The second-order valence-electron chi connectivity index (χ2n) is 6.81. The van der Waals surface area contributed by atoms with Gasteiger partial charge in [0.15, 0.2) is 5.82 Å². The molecule has 0 bridgehead atoms. The van der Waals surface area contributed by atoms with Gasteiger partial charge in [-0.3, -0.25) is 4.90 Å². The van der Waals surface area contributed by atoms with Crippen molar-refractivity contribution in [1.29, 1.82) is 0 Å². The molecule has 0 radical (unpaired) electrons. The zero-order valence-corrected chi connectivity index (χ0v) is 16.2. The molecular formula is C20H30N4O. The van der Waals surface area contributed by atoms with Gasteiger partial charge in [0.05, 0.1) is 7.11 Å². The fourth-order valence-corrected chi connectivity index (χ4v) is 2.92. The molecule has 0 spiro atoms. The molecule has 1 aromatic carbocycles. The summed E-state index contributed by atoms with van der Waals surface area (Å²) < 4.78 is 5.20. The van der Waals surface area contributed by atoms with Crippen molar-refractivity contribution in [3.05, 3.63) is 36.0 Å². The van der Waals surface area contributed by atoms with Crippen molar-refractivity contribution in [2.45, 2.75) is 46.7 Å². The Morgan fingerprint density at radius 1 is 1.08 bits per heavy atom. The van der Waals surface area contributed by atoms with Crippen LogP contribution in [0.3, 0.4) is 0 Å². The quantitative estimate of drug-likeness (QED) is 0.786. The van der Waals surface area contributed by atoms with Gasteiger partial charge in [0.25, 0.3) is 0 Å². The van der Waals surface area contributed by atoms with Gasteiger partial charge in [-0.25, -0.2) is 9.97 Å². The van der Waals surface area contributed by atoms with Gasteiger partial charge >= 0.3 is 0 Å². The molecule has 0 saturated carbocycles. The van der Waals surface area contributed by atoms with Crippen LogP contribution in [0.5, 0.6) is 5.75 Å². The first kappa shape index (κ1) is 19.2. The van der Waals surface area contributed by atoms with Gasteiger partial charge in [-0.1, -0.05) is 0 Å². The highest BCUT2D eigenvalue weighted by atomic mass is 16.5. The van der Waals surface area contributed by atoms with Crippen LogP contribution in [0.1, 0.15) is 33.3 Å². The summed E-state index contributed by atoms with van der Waals surface area (Å²) in [5, 5.41) is 3.47. The third kappa shape index (κ3) is 5.16. The second kappa shape index (κ2) is 8.81. The van der Waals surface area contributed by atoms with Crippen molar-refractivity contribution in [2.24, 2.45) is 0 Å². The SMILES string of the molecule is COc1ccc(-c2ncc(C)c(NCCN(C(C)C)C(C)C)n2)cc1. The monoisotopic (exact) mass is 342 g/mol. The molecule has 5 heteroatoms. The van der Waals surface area contributed by atoms with E-state index in [9.17, 15) is 0 Å². The molecule has 0 atom stereocenters. The normalized spacial score (nSPS) is 11.4. The summed E-state index contributed by atoms with van der Waals surface area (Å²) in [6, 6.07) is 8.87. The number of anilines is 1. The van der Waals surface area contributed by atoms with Crippen LogP contribution in [0, 0.1) is 6.92 Å². The van der Waals surface area contributed by atoms with Crippen molar-refractivity contribution in [3.63, 3.8) is 0 Å². The molecule has 136 valence electrons. The van der Waals surface area contributed by atoms with Crippen LogP contribution in [0.25, 0.3) is 11.4 Å². The van der Waals surface area contributed by atoms with E-state index in [1.165, 1.54) is 0 Å². The molecule has 0 fully saturated rings. The summed E-state index contributed by atoms with van der Waals surface area (Å²) >= 11 is 0. The van der Waals surface area contributed by atoms with Crippen LogP contribution in [0.4, 0.5) is 5.82 Å². The Morgan fingerprint density at radius 2 is 1.72 bits per heavy atom. The lowest BCUT2D eigenvalue weighted by molar-refractivity contribution is 0.182. The molecule has 0 unspecified atom stereocenters. The highest BCUT2D eigenvalue weighted by molar-refractivity contribution is 5.59. The van der Waals surface area contributed by atoms with E-state index in [-0.39, 0.29) is 0 Å². The van der Waals surface area contributed by atoms with E-state index in [0.717, 1.165) is 41.6 Å². The van der Waals surface area contributed by atoms with Crippen LogP contribution in [-0.4, -0.2) is 47.2 Å². The Labute approximate surface area is 151 Å². The maximum atomic E-state index is 5.20. The van der Waals surface area contributed by atoms with Gasteiger partial charge in [-0.15, -0.1) is 0 Å². The van der Waals surface area contributed by atoms with Crippen molar-refractivity contribution < 1.29 is 4.74 Å². The number of benzene rings is 1. The smallest absolute Gasteiger partial charge is 0.161 e. The zero-order chi connectivity index (χ0) is 18.4. The highest BCUT2D eigenvalue weighted by Gasteiger charge is 2.13. The minimum Gasteiger partial charge on any atom is -0.497 e. The van der Waals surface area contributed by atoms with Gasteiger partial charge in [-0.05, 0) is 58.9 Å². The number of nitrogens with zero attached hydrogens (tertiary/aromatic N) is 3. The van der Waals surface area contributed by atoms with E-state index in [1.54, 1.807) is 7.11 Å². The minimum atomic E-state index is 0.531. The number of aromatic nitrogens is 2. The summed E-state index contributed by atoms with van der Waals surface area (Å²) in [6.07, 6.45) is 1.87. The number of ether oxygens (including phenoxy) is 1. The Balaban J connectivity index is 2.08. The van der Waals surface area contributed by atoms with Crippen LogP contribution < -0.4 is 10.1 Å². The van der Waals surface area contributed by atoms with Crippen LogP contribution in [0.15, 0.2) is 30.5 Å². The van der Waals surface area contributed by atoms with E-state index in [2.05, 4.69) is 42.9 Å². The Morgan fingerprint density at radius 3 is 2.28 bits per heavy atom. The maximum absolute atomic E-state index is 5.20. The number of methoxy groups -OCH3 is 1. The van der Waals surface area contributed by atoms with E-state index < -0.39 is 0 Å². The molecule has 2 rings (SSSR count). The molecule has 0 aliphatic rings. The van der Waals surface area contributed by atoms with E-state index in [0.29, 0.717) is 12.1 Å². The first-order valence-corrected chi connectivity index (χ1v) is 8.90. The molecule has 0 saturated heterocycles. The summed E-state index contributed by atoms with van der Waals surface area (Å²) in [7, 11) is 1.66. The molecular weight excluding hydrogens is 312 g/mol. The fraction of sp³-hybridized carbons (Fsp3) is 0.500. The third-order valence-electron chi connectivity index (χ3n) is 4.31. The summed E-state index contributed by atoms with van der Waals surface area (Å²) in [5.41, 5.74) is 2.03. The molecule has 1 aromatic heterocycles. The predicted molar refractivity (Wildman–Crippen MR) is 104 cm³/mol. The van der Waals surface area contributed by atoms with Gasteiger partial charge in [0, 0.05) is 42.5 Å². The van der Waals surface area contributed by atoms with Gasteiger partial charge in [-0.2, -0.15) is 0 Å². The molecule has 1 N–H and O–H groups in total. The molecule has 0 aliphatic heterocycles. The maximum Gasteiger partial charge on any atom is 0.161 e. The molecule has 25 heavy (non-hydrogen) atoms. The van der Waals surface area contributed by atoms with Crippen molar-refractivity contribution in [1.82, 2.24) is 14.9 Å². The van der Waals surface area contributed by atoms with E-state index in [1.807, 2.05) is 37.4 Å². The fourth-order valence-electron chi connectivity index (χ4n) is 2.92. The second-order valence-corrected chi connectivity index (χ2v) is 6.81. The van der Waals surface area contributed by atoms with Crippen molar-refractivity contribution in [2.75, 3.05) is 25.5 Å². The molecule has 0 aliphatic carbocycles. The van der Waals surface area contributed by atoms with Crippen LogP contribution >= 0.6 is 0 Å². The lowest BCUT2D eigenvalue weighted by Gasteiger charge is -2.30. The lowest BCUT2D eigenvalue weighted by Crippen LogP contribution is -2.40. The van der Waals surface area contributed by atoms with Gasteiger partial charge in [0.1, 0.15) is 11.6 Å². The Bertz CT molecular complexity index is 660. The average molecular weight is 342 g/mol. The van der Waals surface area contributed by atoms with Gasteiger partial charge < -0.3 is 10.1 Å². The molecule has 5 nitrogen and oxygen atoms in total. The first-order chi connectivity index (χ1) is 11.9. The first-order valence-electron chi connectivity index (χ1n) is 8.90. The lowest BCUT2D eigenvalue weighted by atomic mass is 10.2. The standard InChI is InChI=1S/C20H30N4O/c1-14(2)24(15(3)4)12-11-21-19-16(5)13-22-20(23-19)17-7-9-18(25-6)10-8-17/h7-10,13-15H,11-12H2,1-6H3,(H,21,22,23). The number of nitrogens with one attached hydrogen (secondary N) is 1. The van der Waals surface area contributed by atoms with Crippen LogP contribution in [-0.2, 0) is 0 Å². The van der Waals surface area contributed by atoms with Gasteiger partial charge in [0.2, 0.25) is 0 Å². The van der Waals surface area contributed by atoms with E-state index >= 15 is 0 Å². The average Bonchev–Trinajstić information content (AvgIpc) is 2.59. The minimum absolute atomic E-state index is 0.531. The number of hydrogen-bond acceptors (Lipinski definition) is 5. The summed E-state index contributed by atoms with van der Waals surface area (Å²) in [6.45, 7) is 12.8. The Hall–Kier alpha value is -2.14. The Kier molecular flexibility index (Phi) is 6.76. The predicted octanol–water partition coefficient (Wildman–Crippen LogP) is 3.99. The molecule has 1 heterocycles. The highest BCUT2D eigenvalue weighted by Crippen LogP contribution is 2.21. The third-order valence-corrected chi connectivity index (χ3v) is 4.31. The number of aryl methyl sites for hydroxylation is 1. The van der Waals surface area contributed by atoms with Crippen LogP contribution in [0.2, 0.25) is 0 Å². The summed E-state index contributed by atoms with van der Waals surface area (Å²) in [5.74, 6) is 2.45. The van der Waals surface area contributed by atoms with Crippen molar-refractivity contribution in [3.8, 4) is 17.1 Å². The summed E-state index contributed by atoms with van der Waals surface area (Å²) in [4.78, 5) is 11.6. The van der Waals surface area contributed by atoms with E-state index in [4.69, 9.17) is 9.72 Å². The zero-order valence-electron chi connectivity index (χ0n) is 16.2.